The minimum absolute atomic E-state index is 0.000697. The van der Waals surface area contributed by atoms with Crippen LogP contribution in [0.4, 0.5) is 0 Å². The zero-order valence-corrected chi connectivity index (χ0v) is 15.8. The smallest absolute Gasteiger partial charge is 0.261 e. The highest BCUT2D eigenvalue weighted by atomic mass is 35.5. The van der Waals surface area contributed by atoms with Crippen LogP contribution in [-0.2, 0) is 14.6 Å². The summed E-state index contributed by atoms with van der Waals surface area (Å²) in [6.07, 6.45) is 1.18. The Balaban J connectivity index is 2.09. The molecule has 0 aromatic heterocycles. The van der Waals surface area contributed by atoms with E-state index in [1.54, 1.807) is 17.0 Å². The molecule has 0 N–H and O–H groups in total. The van der Waals surface area contributed by atoms with E-state index in [1.165, 1.54) is 6.07 Å². The summed E-state index contributed by atoms with van der Waals surface area (Å²) in [5.41, 5.74) is 0.404. The lowest BCUT2D eigenvalue weighted by molar-refractivity contribution is -0.137. The summed E-state index contributed by atoms with van der Waals surface area (Å²) >= 11 is 6.05. The summed E-state index contributed by atoms with van der Waals surface area (Å²) in [6, 6.07) is 6.15. The van der Waals surface area contributed by atoms with Gasteiger partial charge < -0.3 is 9.64 Å². The Morgan fingerprint density at radius 2 is 2.24 bits per heavy atom. The molecule has 1 aromatic carbocycles. The van der Waals surface area contributed by atoms with Crippen molar-refractivity contribution in [2.24, 2.45) is 0 Å². The Labute approximate surface area is 153 Å². The Bertz CT molecular complexity index is 788. The summed E-state index contributed by atoms with van der Waals surface area (Å²) in [4.78, 5) is 14.3. The molecule has 0 bridgehead atoms. The van der Waals surface area contributed by atoms with Crippen molar-refractivity contribution in [3.63, 3.8) is 0 Å². The molecule has 1 heterocycles. The second-order valence-corrected chi connectivity index (χ2v) is 8.80. The molecule has 0 spiro atoms. The maximum atomic E-state index is 12.7. The molecule has 0 unspecified atom stereocenters. The lowest BCUT2D eigenvalue weighted by Crippen LogP contribution is -2.48. The lowest BCUT2D eigenvalue weighted by Gasteiger charge is -2.33. The maximum absolute atomic E-state index is 12.7. The van der Waals surface area contributed by atoms with Crippen LogP contribution in [0.5, 0.6) is 5.75 Å². The van der Waals surface area contributed by atoms with Crippen molar-refractivity contribution in [1.82, 2.24) is 4.90 Å². The number of benzene rings is 1. The SMILES string of the molecule is CC[C@H](C)N(C(=O)COc1ccc(C#N)cc1Cl)[C@H]1CCS(=O)(=O)C1. The van der Waals surface area contributed by atoms with Gasteiger partial charge in [-0.15, -0.1) is 0 Å². The van der Waals surface area contributed by atoms with Crippen LogP contribution in [0.15, 0.2) is 18.2 Å². The number of nitrogens with zero attached hydrogens (tertiary/aromatic N) is 2. The van der Waals surface area contributed by atoms with E-state index in [4.69, 9.17) is 21.6 Å². The molecule has 2 atom stereocenters. The van der Waals surface area contributed by atoms with Gasteiger partial charge in [0.05, 0.1) is 28.2 Å². The van der Waals surface area contributed by atoms with Crippen LogP contribution < -0.4 is 4.74 Å². The van der Waals surface area contributed by atoms with Crippen molar-refractivity contribution >= 4 is 27.3 Å². The lowest BCUT2D eigenvalue weighted by atomic mass is 10.1. The van der Waals surface area contributed by atoms with Crippen LogP contribution in [0.25, 0.3) is 0 Å². The average molecular weight is 385 g/mol. The Morgan fingerprint density at radius 1 is 1.52 bits per heavy atom. The van der Waals surface area contributed by atoms with Crippen LogP contribution in [-0.4, -0.2) is 49.4 Å². The normalized spacial score (nSPS) is 19.8. The number of amides is 1. The van der Waals surface area contributed by atoms with E-state index in [1.807, 2.05) is 19.9 Å². The molecule has 1 saturated heterocycles. The zero-order chi connectivity index (χ0) is 18.6. The fraction of sp³-hybridized carbons (Fsp3) is 0.529. The number of hydrogen-bond acceptors (Lipinski definition) is 5. The molecular weight excluding hydrogens is 364 g/mol. The molecule has 0 radical (unpaired) electrons. The summed E-state index contributed by atoms with van der Waals surface area (Å²) < 4.78 is 29.0. The fourth-order valence-corrected chi connectivity index (χ4v) is 4.85. The maximum Gasteiger partial charge on any atom is 0.261 e. The van der Waals surface area contributed by atoms with Crippen LogP contribution in [0, 0.1) is 11.3 Å². The van der Waals surface area contributed by atoms with Crippen molar-refractivity contribution in [3.05, 3.63) is 28.8 Å². The van der Waals surface area contributed by atoms with Gasteiger partial charge in [-0.05, 0) is 38.0 Å². The minimum atomic E-state index is -3.08. The van der Waals surface area contributed by atoms with Crippen molar-refractivity contribution in [3.8, 4) is 11.8 Å². The van der Waals surface area contributed by atoms with Crippen LogP contribution >= 0.6 is 11.6 Å². The molecule has 1 aromatic rings. The first-order chi connectivity index (χ1) is 11.8. The van der Waals surface area contributed by atoms with Crippen molar-refractivity contribution in [2.75, 3.05) is 18.1 Å². The van der Waals surface area contributed by atoms with Gasteiger partial charge in [0, 0.05) is 12.1 Å². The molecule has 0 saturated carbocycles. The highest BCUT2D eigenvalue weighted by molar-refractivity contribution is 7.91. The second kappa shape index (κ2) is 8.07. The predicted octanol–water partition coefficient (Wildman–Crippen LogP) is 2.40. The standard InChI is InChI=1S/C17H21ClN2O4S/c1-3-12(2)20(14-6-7-25(22,23)11-14)17(21)10-24-16-5-4-13(9-19)8-15(16)18/h4-5,8,12,14H,3,6-7,10-11H2,1-2H3/t12-,14-/m0/s1. The third kappa shape index (κ3) is 4.86. The van der Waals surface area contributed by atoms with Crippen molar-refractivity contribution in [2.45, 2.75) is 38.8 Å². The van der Waals surface area contributed by atoms with Crippen LogP contribution in [0.2, 0.25) is 5.02 Å². The molecule has 1 amide bonds. The molecule has 1 fully saturated rings. The number of sulfone groups is 1. The number of rotatable bonds is 6. The highest BCUT2D eigenvalue weighted by Crippen LogP contribution is 2.26. The third-order valence-corrected chi connectivity index (χ3v) is 6.41. The van der Waals surface area contributed by atoms with E-state index >= 15 is 0 Å². The van der Waals surface area contributed by atoms with Crippen molar-refractivity contribution < 1.29 is 17.9 Å². The van der Waals surface area contributed by atoms with E-state index < -0.39 is 9.84 Å². The van der Waals surface area contributed by atoms with Gasteiger partial charge in [-0.1, -0.05) is 18.5 Å². The van der Waals surface area contributed by atoms with Gasteiger partial charge in [0.2, 0.25) is 0 Å². The number of ether oxygens (including phenoxy) is 1. The molecule has 1 aliphatic rings. The van der Waals surface area contributed by atoms with Gasteiger partial charge in [-0.2, -0.15) is 5.26 Å². The van der Waals surface area contributed by atoms with Gasteiger partial charge in [0.1, 0.15) is 5.75 Å². The fourth-order valence-electron chi connectivity index (χ4n) is 2.90. The zero-order valence-electron chi connectivity index (χ0n) is 14.2. The Kier molecular flexibility index (Phi) is 6.31. The highest BCUT2D eigenvalue weighted by Gasteiger charge is 2.36. The summed E-state index contributed by atoms with van der Waals surface area (Å²) in [6.45, 7) is 3.62. The minimum Gasteiger partial charge on any atom is -0.482 e. The molecule has 0 aliphatic carbocycles. The molecule has 25 heavy (non-hydrogen) atoms. The van der Waals surface area contributed by atoms with Crippen LogP contribution in [0.1, 0.15) is 32.3 Å². The van der Waals surface area contributed by atoms with Gasteiger partial charge in [0.15, 0.2) is 16.4 Å². The summed E-state index contributed by atoms with van der Waals surface area (Å²) in [7, 11) is -3.08. The average Bonchev–Trinajstić information content (AvgIpc) is 2.93. The number of nitriles is 1. The van der Waals surface area contributed by atoms with E-state index in [-0.39, 0.29) is 41.1 Å². The van der Waals surface area contributed by atoms with Crippen molar-refractivity contribution in [1.29, 1.82) is 5.26 Å². The number of halogens is 1. The third-order valence-electron chi connectivity index (χ3n) is 4.37. The van der Waals surface area contributed by atoms with E-state index in [9.17, 15) is 13.2 Å². The largest absolute Gasteiger partial charge is 0.482 e. The van der Waals surface area contributed by atoms with E-state index in [2.05, 4.69) is 0 Å². The van der Waals surface area contributed by atoms with Crippen LogP contribution in [0.3, 0.4) is 0 Å². The monoisotopic (exact) mass is 384 g/mol. The Hall–Kier alpha value is -1.78. The molecule has 6 nitrogen and oxygen atoms in total. The molecule has 136 valence electrons. The first kappa shape index (κ1) is 19.5. The summed E-state index contributed by atoms with van der Waals surface area (Å²) in [5, 5.41) is 9.09. The number of carbonyl (C=O) groups excluding carboxylic acids is 1. The molecule has 1 aliphatic heterocycles. The predicted molar refractivity (Wildman–Crippen MR) is 95.3 cm³/mol. The first-order valence-corrected chi connectivity index (χ1v) is 10.3. The van der Waals surface area contributed by atoms with Gasteiger partial charge in [-0.25, -0.2) is 8.42 Å². The van der Waals surface area contributed by atoms with E-state index in [0.29, 0.717) is 17.7 Å². The van der Waals surface area contributed by atoms with Gasteiger partial charge in [0.25, 0.3) is 5.91 Å². The summed E-state index contributed by atoms with van der Waals surface area (Å²) in [5.74, 6) is 0.162. The Morgan fingerprint density at radius 3 is 2.76 bits per heavy atom. The molecular formula is C17H21ClN2O4S. The van der Waals surface area contributed by atoms with Gasteiger partial charge >= 0.3 is 0 Å². The second-order valence-electron chi connectivity index (χ2n) is 6.16. The molecule has 2 rings (SSSR count). The number of hydrogen-bond donors (Lipinski definition) is 0. The van der Waals surface area contributed by atoms with Gasteiger partial charge in [-0.3, -0.25) is 4.79 Å². The first-order valence-electron chi connectivity index (χ1n) is 8.11. The van der Waals surface area contributed by atoms with E-state index in [0.717, 1.165) is 6.42 Å². The molecule has 8 heteroatoms. The number of carbonyl (C=O) groups is 1. The topological polar surface area (TPSA) is 87.5 Å². The quantitative estimate of drug-likeness (QED) is 0.751.